The minimum absolute atomic E-state index is 0.260. The summed E-state index contributed by atoms with van der Waals surface area (Å²) >= 11 is 0. The van der Waals surface area contributed by atoms with Crippen molar-refractivity contribution in [3.63, 3.8) is 0 Å². The third-order valence-electron chi connectivity index (χ3n) is 3.87. The molecule has 0 bridgehead atoms. The Morgan fingerprint density at radius 1 is 1.19 bits per heavy atom. The maximum Gasteiger partial charge on any atom is 0.235 e. The van der Waals surface area contributed by atoms with Crippen LogP contribution in [0.15, 0.2) is 49.1 Å². The van der Waals surface area contributed by atoms with Gasteiger partial charge in [0.15, 0.2) is 0 Å². The largest absolute Gasteiger partial charge is 0.439 e. The number of nitrogens with one attached hydrogen (secondary N) is 1. The van der Waals surface area contributed by atoms with Crippen LogP contribution in [-0.4, -0.2) is 33.2 Å². The van der Waals surface area contributed by atoms with E-state index in [1.54, 1.807) is 60.5 Å². The number of hydrogen-bond donors (Lipinski definition) is 1. The zero-order valence-corrected chi connectivity index (χ0v) is 14.8. The number of anilines is 1. The van der Waals surface area contributed by atoms with Crippen LogP contribution in [0, 0.1) is 6.92 Å². The Labute approximate surface area is 151 Å². The zero-order chi connectivity index (χ0) is 18.1. The third-order valence-corrected chi connectivity index (χ3v) is 5.74. The average molecular weight is 371 g/mol. The van der Waals surface area contributed by atoms with Crippen molar-refractivity contribution in [2.75, 3.05) is 4.72 Å². The summed E-state index contributed by atoms with van der Waals surface area (Å²) in [4.78, 5) is 12.6. The quantitative estimate of drug-likeness (QED) is 0.715. The molecule has 134 valence electrons. The number of rotatable bonds is 6. The molecule has 0 spiro atoms. The fourth-order valence-corrected chi connectivity index (χ4v) is 3.83. The predicted molar refractivity (Wildman–Crippen MR) is 96.0 cm³/mol. The molecule has 1 aromatic carbocycles. The van der Waals surface area contributed by atoms with Crippen molar-refractivity contribution >= 4 is 15.7 Å². The normalized spacial score (nSPS) is 14.2. The van der Waals surface area contributed by atoms with E-state index in [0.717, 1.165) is 12.8 Å². The van der Waals surface area contributed by atoms with Gasteiger partial charge in [0, 0.05) is 24.1 Å². The molecule has 0 saturated heterocycles. The van der Waals surface area contributed by atoms with Gasteiger partial charge in [-0.05, 0) is 44.0 Å². The van der Waals surface area contributed by atoms with E-state index in [2.05, 4.69) is 19.7 Å². The number of aryl methyl sites for hydroxylation is 1. The molecule has 2 heterocycles. The van der Waals surface area contributed by atoms with Gasteiger partial charge in [0.2, 0.25) is 15.9 Å². The van der Waals surface area contributed by atoms with Crippen LogP contribution >= 0.6 is 0 Å². The second-order valence-corrected chi connectivity index (χ2v) is 8.02. The molecule has 8 nitrogen and oxygen atoms in total. The lowest BCUT2D eigenvalue weighted by atomic mass is 10.3. The van der Waals surface area contributed by atoms with Crippen molar-refractivity contribution in [3.8, 4) is 17.4 Å². The number of hydrogen-bond acceptors (Lipinski definition) is 6. The summed E-state index contributed by atoms with van der Waals surface area (Å²) in [6.07, 6.45) is 6.55. The summed E-state index contributed by atoms with van der Waals surface area (Å²) in [6, 6.07) is 8.43. The first-order chi connectivity index (χ1) is 12.5. The molecule has 1 N–H and O–H groups in total. The molecule has 0 radical (unpaired) electrons. The summed E-state index contributed by atoms with van der Waals surface area (Å²) < 4.78 is 34.0. The monoisotopic (exact) mass is 371 g/mol. The topological polar surface area (TPSA) is 99.0 Å². The van der Waals surface area contributed by atoms with E-state index in [-0.39, 0.29) is 5.25 Å². The fourth-order valence-electron chi connectivity index (χ4n) is 2.44. The molecule has 1 aliphatic rings. The van der Waals surface area contributed by atoms with Crippen molar-refractivity contribution in [2.45, 2.75) is 25.0 Å². The number of sulfonamides is 1. The van der Waals surface area contributed by atoms with E-state index >= 15 is 0 Å². The highest BCUT2D eigenvalue weighted by molar-refractivity contribution is 7.93. The van der Waals surface area contributed by atoms with Crippen LogP contribution in [-0.2, 0) is 10.0 Å². The number of benzene rings is 1. The summed E-state index contributed by atoms with van der Waals surface area (Å²) in [5.74, 6) is 2.17. The highest BCUT2D eigenvalue weighted by Crippen LogP contribution is 2.30. The maximum absolute atomic E-state index is 12.0. The molecule has 4 rings (SSSR count). The van der Waals surface area contributed by atoms with E-state index in [4.69, 9.17) is 4.74 Å². The van der Waals surface area contributed by atoms with Gasteiger partial charge in [-0.3, -0.25) is 9.29 Å². The lowest BCUT2D eigenvalue weighted by molar-refractivity contribution is 0.459. The van der Waals surface area contributed by atoms with E-state index < -0.39 is 10.0 Å². The molecule has 2 aromatic heterocycles. The summed E-state index contributed by atoms with van der Waals surface area (Å²) in [6.45, 7) is 1.78. The maximum atomic E-state index is 12.0. The first kappa shape index (κ1) is 16.5. The summed E-state index contributed by atoms with van der Waals surface area (Å²) in [5, 5.41) is -0.260. The minimum Gasteiger partial charge on any atom is -0.439 e. The van der Waals surface area contributed by atoms with E-state index in [0.29, 0.717) is 29.0 Å². The minimum atomic E-state index is -3.27. The Kier molecular flexibility index (Phi) is 4.08. The Bertz CT molecular complexity index is 1010. The average Bonchev–Trinajstić information content (AvgIpc) is 3.32. The van der Waals surface area contributed by atoms with Gasteiger partial charge >= 0.3 is 0 Å². The first-order valence-electron chi connectivity index (χ1n) is 8.13. The zero-order valence-electron chi connectivity index (χ0n) is 14.0. The molecular weight excluding hydrogens is 354 g/mol. The van der Waals surface area contributed by atoms with Crippen LogP contribution in [0.3, 0.4) is 0 Å². The number of imidazole rings is 1. The fraction of sp³-hybridized carbons (Fsp3) is 0.235. The van der Waals surface area contributed by atoms with Crippen molar-refractivity contribution in [2.24, 2.45) is 0 Å². The Balaban J connectivity index is 1.51. The van der Waals surface area contributed by atoms with Crippen LogP contribution in [0.1, 0.15) is 18.7 Å². The molecule has 1 saturated carbocycles. The smallest absolute Gasteiger partial charge is 0.235 e. The number of aromatic nitrogens is 4. The SMILES string of the molecule is Cc1nc(Oc2ccc(NS(=O)(=O)C3CC3)cc2)cc(-n2ccnc2)n1. The van der Waals surface area contributed by atoms with Crippen LogP contribution in [0.25, 0.3) is 5.82 Å². The molecule has 0 amide bonds. The molecule has 9 heteroatoms. The third kappa shape index (κ3) is 3.67. The molecule has 1 aliphatic carbocycles. The lowest BCUT2D eigenvalue weighted by Crippen LogP contribution is -2.17. The highest BCUT2D eigenvalue weighted by atomic mass is 32.2. The lowest BCUT2D eigenvalue weighted by Gasteiger charge is -2.10. The van der Waals surface area contributed by atoms with Gasteiger partial charge in [0.1, 0.15) is 23.7 Å². The highest BCUT2D eigenvalue weighted by Gasteiger charge is 2.35. The second kappa shape index (κ2) is 6.41. The Morgan fingerprint density at radius 3 is 2.62 bits per heavy atom. The van der Waals surface area contributed by atoms with Crippen molar-refractivity contribution in [1.82, 2.24) is 19.5 Å². The van der Waals surface area contributed by atoms with Crippen LogP contribution in [0.4, 0.5) is 5.69 Å². The van der Waals surface area contributed by atoms with Gasteiger partial charge in [-0.2, -0.15) is 4.98 Å². The van der Waals surface area contributed by atoms with Gasteiger partial charge in [-0.1, -0.05) is 0 Å². The molecule has 1 fully saturated rings. The molecule has 0 aliphatic heterocycles. The van der Waals surface area contributed by atoms with Gasteiger partial charge < -0.3 is 4.74 Å². The van der Waals surface area contributed by atoms with Crippen molar-refractivity contribution in [3.05, 3.63) is 54.9 Å². The van der Waals surface area contributed by atoms with Gasteiger partial charge in [0.25, 0.3) is 0 Å². The first-order valence-corrected chi connectivity index (χ1v) is 9.68. The number of ether oxygens (including phenoxy) is 1. The summed E-state index contributed by atoms with van der Waals surface area (Å²) in [5.41, 5.74) is 0.516. The number of nitrogens with zero attached hydrogens (tertiary/aromatic N) is 4. The molecule has 0 unspecified atom stereocenters. The van der Waals surface area contributed by atoms with Gasteiger partial charge in [-0.15, -0.1) is 0 Å². The van der Waals surface area contributed by atoms with E-state index in [1.807, 2.05) is 0 Å². The molecule has 26 heavy (non-hydrogen) atoms. The molecule has 3 aromatic rings. The standard InChI is InChI=1S/C17H17N5O3S/c1-12-19-16(22-9-8-18-11-22)10-17(20-12)25-14-4-2-13(3-5-14)21-26(23,24)15-6-7-15/h2-5,8-11,15,21H,6-7H2,1H3. The Hall–Kier alpha value is -2.94. The summed E-state index contributed by atoms with van der Waals surface area (Å²) in [7, 11) is -3.27. The predicted octanol–water partition coefficient (Wildman–Crippen LogP) is 2.67. The van der Waals surface area contributed by atoms with Crippen LogP contribution in [0.2, 0.25) is 0 Å². The van der Waals surface area contributed by atoms with Crippen molar-refractivity contribution < 1.29 is 13.2 Å². The van der Waals surface area contributed by atoms with Crippen molar-refractivity contribution in [1.29, 1.82) is 0 Å². The van der Waals surface area contributed by atoms with E-state index in [1.165, 1.54) is 0 Å². The molecule has 0 atom stereocenters. The van der Waals surface area contributed by atoms with E-state index in [9.17, 15) is 8.42 Å². The van der Waals surface area contributed by atoms with Crippen LogP contribution < -0.4 is 9.46 Å². The Morgan fingerprint density at radius 2 is 1.96 bits per heavy atom. The van der Waals surface area contributed by atoms with Gasteiger partial charge in [0.05, 0.1) is 5.25 Å². The second-order valence-electron chi connectivity index (χ2n) is 6.05. The van der Waals surface area contributed by atoms with Crippen LogP contribution in [0.5, 0.6) is 11.6 Å². The van der Waals surface area contributed by atoms with Gasteiger partial charge in [-0.25, -0.2) is 18.4 Å². The molecular formula is C17H17N5O3S.